The maximum absolute atomic E-state index is 12.8. The van der Waals surface area contributed by atoms with Crippen molar-refractivity contribution in [2.75, 3.05) is 18.6 Å². The lowest BCUT2D eigenvalue weighted by Crippen LogP contribution is -2.32. The number of hydrogen-bond donors (Lipinski definition) is 1. The molecule has 1 fully saturated rings. The lowest BCUT2D eigenvalue weighted by atomic mass is 10.1. The van der Waals surface area contributed by atoms with Crippen LogP contribution in [0.3, 0.4) is 0 Å². The quantitative estimate of drug-likeness (QED) is 0.918. The van der Waals surface area contributed by atoms with E-state index < -0.39 is 0 Å². The number of carbonyl (C=O) groups excluding carboxylic acids is 1. The highest BCUT2D eigenvalue weighted by molar-refractivity contribution is 7.98. The van der Waals surface area contributed by atoms with Crippen LogP contribution < -0.4 is 5.32 Å². The SMILES string of the molecule is CSCCN1C(=O)C(c2ccccc2)NC1c1ccsc1. The number of thioether (sulfide) groups is 1. The standard InChI is InChI=1S/C16H18N2OS2/c1-20-10-8-18-15(13-7-9-21-11-13)17-14(16(18)19)12-5-3-2-4-6-12/h2-7,9,11,14-15,17H,8,10H2,1H3. The molecule has 3 rings (SSSR count). The van der Waals surface area contributed by atoms with Gasteiger partial charge in [0.2, 0.25) is 5.91 Å². The highest BCUT2D eigenvalue weighted by atomic mass is 32.2. The van der Waals surface area contributed by atoms with Gasteiger partial charge in [-0.2, -0.15) is 23.1 Å². The smallest absolute Gasteiger partial charge is 0.245 e. The van der Waals surface area contributed by atoms with E-state index in [4.69, 9.17) is 0 Å². The van der Waals surface area contributed by atoms with Gasteiger partial charge in [-0.1, -0.05) is 30.3 Å². The summed E-state index contributed by atoms with van der Waals surface area (Å²) in [5.74, 6) is 1.13. The highest BCUT2D eigenvalue weighted by Gasteiger charge is 2.40. The molecule has 2 aromatic rings. The molecule has 3 nitrogen and oxygen atoms in total. The molecule has 1 aromatic heterocycles. The van der Waals surface area contributed by atoms with Gasteiger partial charge in [-0.3, -0.25) is 10.1 Å². The zero-order valence-electron chi connectivity index (χ0n) is 11.9. The van der Waals surface area contributed by atoms with Crippen molar-refractivity contribution in [3.8, 4) is 0 Å². The van der Waals surface area contributed by atoms with Crippen molar-refractivity contribution in [1.29, 1.82) is 0 Å². The summed E-state index contributed by atoms with van der Waals surface area (Å²) in [5.41, 5.74) is 2.21. The average Bonchev–Trinajstić information content (AvgIpc) is 3.14. The fourth-order valence-corrected chi connectivity index (χ4v) is 3.69. The van der Waals surface area contributed by atoms with E-state index in [1.165, 1.54) is 5.56 Å². The Morgan fingerprint density at radius 3 is 2.71 bits per heavy atom. The number of amides is 1. The van der Waals surface area contributed by atoms with Crippen LogP contribution in [0.15, 0.2) is 47.2 Å². The molecule has 1 amide bonds. The third kappa shape index (κ3) is 3.00. The van der Waals surface area contributed by atoms with E-state index in [2.05, 4.69) is 28.4 Å². The summed E-state index contributed by atoms with van der Waals surface area (Å²) in [7, 11) is 0. The minimum absolute atomic E-state index is 0.0129. The predicted molar refractivity (Wildman–Crippen MR) is 89.5 cm³/mol. The monoisotopic (exact) mass is 318 g/mol. The maximum Gasteiger partial charge on any atom is 0.245 e. The van der Waals surface area contributed by atoms with Crippen LogP contribution in [-0.2, 0) is 4.79 Å². The first-order valence-corrected chi connectivity index (χ1v) is 9.27. The summed E-state index contributed by atoms with van der Waals surface area (Å²) in [6, 6.07) is 11.8. The molecule has 1 saturated heterocycles. The van der Waals surface area contributed by atoms with Crippen LogP contribution in [0.5, 0.6) is 0 Å². The summed E-state index contributed by atoms with van der Waals surface area (Å²) in [5, 5.41) is 7.67. The molecule has 0 radical (unpaired) electrons. The van der Waals surface area contributed by atoms with E-state index in [1.54, 1.807) is 23.1 Å². The first kappa shape index (κ1) is 14.6. The Morgan fingerprint density at radius 2 is 2.05 bits per heavy atom. The third-order valence-corrected chi connectivity index (χ3v) is 4.99. The van der Waals surface area contributed by atoms with Crippen LogP contribution in [0.2, 0.25) is 0 Å². The Hall–Kier alpha value is -1.30. The van der Waals surface area contributed by atoms with Crippen molar-refractivity contribution in [3.05, 3.63) is 58.3 Å². The molecular weight excluding hydrogens is 300 g/mol. The van der Waals surface area contributed by atoms with Gasteiger partial charge in [0.15, 0.2) is 0 Å². The van der Waals surface area contributed by atoms with Crippen LogP contribution >= 0.6 is 23.1 Å². The molecular formula is C16H18N2OS2. The molecule has 0 aliphatic carbocycles. The summed E-state index contributed by atoms with van der Waals surface area (Å²) >= 11 is 3.44. The predicted octanol–water partition coefficient (Wildman–Crippen LogP) is 3.28. The zero-order valence-corrected chi connectivity index (χ0v) is 13.5. The van der Waals surface area contributed by atoms with Gasteiger partial charge >= 0.3 is 0 Å². The fraction of sp³-hybridized carbons (Fsp3) is 0.312. The minimum Gasteiger partial charge on any atom is -0.320 e. The van der Waals surface area contributed by atoms with E-state index in [0.717, 1.165) is 17.9 Å². The second-order valence-corrected chi connectivity index (χ2v) is 6.76. The molecule has 1 aliphatic rings. The van der Waals surface area contributed by atoms with Gasteiger partial charge in [0.25, 0.3) is 0 Å². The molecule has 2 unspecified atom stereocenters. The van der Waals surface area contributed by atoms with Crippen LogP contribution in [-0.4, -0.2) is 29.4 Å². The van der Waals surface area contributed by atoms with Crippen molar-refractivity contribution in [3.63, 3.8) is 0 Å². The number of rotatable bonds is 5. The maximum atomic E-state index is 12.8. The number of hydrogen-bond acceptors (Lipinski definition) is 4. The molecule has 0 bridgehead atoms. The van der Waals surface area contributed by atoms with Gasteiger partial charge in [0.1, 0.15) is 12.2 Å². The Balaban J connectivity index is 1.87. The highest BCUT2D eigenvalue weighted by Crippen LogP contribution is 2.33. The molecule has 2 heterocycles. The van der Waals surface area contributed by atoms with Gasteiger partial charge in [0.05, 0.1) is 0 Å². The Labute approximate surface area is 133 Å². The van der Waals surface area contributed by atoms with Crippen LogP contribution in [0.4, 0.5) is 0 Å². The summed E-state index contributed by atoms with van der Waals surface area (Å²) in [6.45, 7) is 0.775. The third-order valence-electron chi connectivity index (χ3n) is 3.69. The number of carbonyl (C=O) groups is 1. The normalized spacial score (nSPS) is 22.0. The van der Waals surface area contributed by atoms with E-state index in [9.17, 15) is 4.79 Å². The molecule has 1 aliphatic heterocycles. The molecule has 0 spiro atoms. The van der Waals surface area contributed by atoms with Gasteiger partial charge in [-0.15, -0.1) is 0 Å². The largest absolute Gasteiger partial charge is 0.320 e. The van der Waals surface area contributed by atoms with E-state index >= 15 is 0 Å². The van der Waals surface area contributed by atoms with Crippen LogP contribution in [0, 0.1) is 0 Å². The molecule has 5 heteroatoms. The molecule has 21 heavy (non-hydrogen) atoms. The van der Waals surface area contributed by atoms with Crippen molar-refractivity contribution in [2.24, 2.45) is 0 Å². The topological polar surface area (TPSA) is 32.3 Å². The van der Waals surface area contributed by atoms with Crippen LogP contribution in [0.25, 0.3) is 0 Å². The average molecular weight is 318 g/mol. The van der Waals surface area contributed by atoms with Gasteiger partial charge in [-0.05, 0) is 34.2 Å². The number of thiophene rings is 1. The van der Waals surface area contributed by atoms with E-state index in [1.807, 2.05) is 35.2 Å². The first-order chi connectivity index (χ1) is 10.3. The van der Waals surface area contributed by atoms with Crippen LogP contribution in [0.1, 0.15) is 23.3 Å². The lowest BCUT2D eigenvalue weighted by Gasteiger charge is -2.23. The summed E-state index contributed by atoms with van der Waals surface area (Å²) in [4.78, 5) is 14.7. The molecule has 1 N–H and O–H groups in total. The van der Waals surface area contributed by atoms with E-state index in [0.29, 0.717) is 0 Å². The van der Waals surface area contributed by atoms with Gasteiger partial charge in [-0.25, -0.2) is 0 Å². The number of benzene rings is 1. The lowest BCUT2D eigenvalue weighted by molar-refractivity contribution is -0.129. The molecule has 2 atom stereocenters. The van der Waals surface area contributed by atoms with Gasteiger partial charge in [0, 0.05) is 12.3 Å². The second-order valence-electron chi connectivity index (χ2n) is 4.99. The van der Waals surface area contributed by atoms with Crippen molar-refractivity contribution >= 4 is 29.0 Å². The zero-order chi connectivity index (χ0) is 14.7. The first-order valence-electron chi connectivity index (χ1n) is 6.94. The Morgan fingerprint density at radius 1 is 1.24 bits per heavy atom. The number of nitrogens with zero attached hydrogens (tertiary/aromatic N) is 1. The summed E-state index contributed by atoms with van der Waals surface area (Å²) in [6.07, 6.45) is 2.06. The van der Waals surface area contributed by atoms with Crippen molar-refractivity contribution in [1.82, 2.24) is 10.2 Å². The number of nitrogens with one attached hydrogen (secondary N) is 1. The Bertz CT molecular complexity index is 586. The molecule has 0 saturated carbocycles. The summed E-state index contributed by atoms with van der Waals surface area (Å²) < 4.78 is 0. The van der Waals surface area contributed by atoms with Gasteiger partial charge < -0.3 is 4.90 Å². The van der Waals surface area contributed by atoms with Crippen molar-refractivity contribution in [2.45, 2.75) is 12.2 Å². The second kappa shape index (κ2) is 6.64. The van der Waals surface area contributed by atoms with Crippen molar-refractivity contribution < 1.29 is 4.79 Å². The van der Waals surface area contributed by atoms with E-state index in [-0.39, 0.29) is 18.1 Å². The molecule has 1 aromatic carbocycles. The Kier molecular flexibility index (Phi) is 4.63. The minimum atomic E-state index is -0.238. The fourth-order valence-electron chi connectivity index (χ4n) is 2.63. The molecule has 110 valence electrons.